The van der Waals surface area contributed by atoms with E-state index in [1.807, 2.05) is 6.92 Å². The lowest BCUT2D eigenvalue weighted by atomic mass is 10.1. The van der Waals surface area contributed by atoms with E-state index in [4.69, 9.17) is 14.0 Å². The zero-order chi connectivity index (χ0) is 15.5. The molecule has 0 unspecified atom stereocenters. The summed E-state index contributed by atoms with van der Waals surface area (Å²) in [5, 5.41) is 4.67. The van der Waals surface area contributed by atoms with E-state index in [1.54, 1.807) is 7.11 Å². The third kappa shape index (κ3) is 3.45. The molecular formula is C14H20N4O3S. The average molecular weight is 324 g/mol. The van der Waals surface area contributed by atoms with E-state index in [1.165, 1.54) is 11.3 Å². The van der Waals surface area contributed by atoms with Crippen LogP contribution in [0.1, 0.15) is 23.6 Å². The van der Waals surface area contributed by atoms with Crippen LogP contribution in [0.5, 0.6) is 5.88 Å². The summed E-state index contributed by atoms with van der Waals surface area (Å²) in [5.41, 5.74) is 0. The molecule has 2 aromatic heterocycles. The van der Waals surface area contributed by atoms with Crippen LogP contribution in [-0.2, 0) is 11.3 Å². The van der Waals surface area contributed by atoms with E-state index in [9.17, 15) is 0 Å². The predicted molar refractivity (Wildman–Crippen MR) is 82.0 cm³/mol. The molecule has 0 radical (unpaired) electrons. The van der Waals surface area contributed by atoms with Crippen molar-refractivity contribution in [2.45, 2.75) is 32.5 Å². The molecule has 0 saturated carbocycles. The monoisotopic (exact) mass is 324 g/mol. The molecule has 0 aliphatic carbocycles. The van der Waals surface area contributed by atoms with Crippen molar-refractivity contribution in [3.05, 3.63) is 10.8 Å². The van der Waals surface area contributed by atoms with Gasteiger partial charge in [0.1, 0.15) is 6.61 Å². The van der Waals surface area contributed by atoms with Crippen molar-refractivity contribution >= 4 is 11.3 Å². The summed E-state index contributed by atoms with van der Waals surface area (Å²) in [6.07, 6.45) is 2.36. The van der Waals surface area contributed by atoms with Crippen LogP contribution >= 0.6 is 11.3 Å². The molecule has 22 heavy (non-hydrogen) atoms. The Morgan fingerprint density at radius 2 is 2.09 bits per heavy atom. The molecule has 0 aromatic carbocycles. The third-order valence-corrected chi connectivity index (χ3v) is 4.66. The molecule has 3 heterocycles. The standard InChI is InChI=1S/C14H20N4O3S/c1-9-13(19-3)16-14(22-9)12-15-11(21-17-12)8-20-10-4-6-18(2)7-5-10/h10H,4-8H2,1-3H3. The first-order valence-electron chi connectivity index (χ1n) is 7.30. The lowest BCUT2D eigenvalue weighted by molar-refractivity contribution is -0.00830. The lowest BCUT2D eigenvalue weighted by Gasteiger charge is -2.28. The highest BCUT2D eigenvalue weighted by Gasteiger charge is 2.19. The summed E-state index contributed by atoms with van der Waals surface area (Å²) < 4.78 is 16.3. The summed E-state index contributed by atoms with van der Waals surface area (Å²) in [6, 6.07) is 0. The molecule has 1 aliphatic rings. The lowest BCUT2D eigenvalue weighted by Crippen LogP contribution is -2.34. The van der Waals surface area contributed by atoms with E-state index >= 15 is 0 Å². The fourth-order valence-corrected chi connectivity index (χ4v) is 3.22. The second-order valence-electron chi connectivity index (χ2n) is 5.41. The van der Waals surface area contributed by atoms with Crippen LogP contribution in [0.15, 0.2) is 4.52 Å². The van der Waals surface area contributed by atoms with Gasteiger partial charge in [0.2, 0.25) is 11.7 Å². The largest absolute Gasteiger partial charge is 0.480 e. The number of nitrogens with zero attached hydrogens (tertiary/aromatic N) is 4. The molecule has 0 bridgehead atoms. The zero-order valence-electron chi connectivity index (χ0n) is 13.0. The first-order valence-corrected chi connectivity index (χ1v) is 8.12. The zero-order valence-corrected chi connectivity index (χ0v) is 13.9. The molecule has 1 fully saturated rings. The summed E-state index contributed by atoms with van der Waals surface area (Å²) in [4.78, 5) is 12.0. The molecule has 120 valence electrons. The van der Waals surface area contributed by atoms with Gasteiger partial charge >= 0.3 is 0 Å². The molecule has 8 heteroatoms. The Bertz CT molecular complexity index is 619. The highest BCUT2D eigenvalue weighted by Crippen LogP contribution is 2.30. The van der Waals surface area contributed by atoms with Crippen molar-refractivity contribution in [3.8, 4) is 16.7 Å². The molecule has 1 saturated heterocycles. The van der Waals surface area contributed by atoms with Gasteiger partial charge < -0.3 is 18.9 Å². The average Bonchev–Trinajstić information content (AvgIpc) is 3.13. The molecule has 2 aromatic rings. The third-order valence-electron chi connectivity index (χ3n) is 3.71. The first-order chi connectivity index (χ1) is 10.7. The van der Waals surface area contributed by atoms with Gasteiger partial charge in [0.25, 0.3) is 5.89 Å². The SMILES string of the molecule is COc1nc(-c2noc(COC3CCN(C)CC3)n2)sc1C. The number of hydrogen-bond acceptors (Lipinski definition) is 8. The predicted octanol–water partition coefficient (Wildman–Crippen LogP) is 2.12. The van der Waals surface area contributed by atoms with Crippen LogP contribution in [0, 0.1) is 6.92 Å². The maximum Gasteiger partial charge on any atom is 0.253 e. The normalized spacial score (nSPS) is 17.0. The van der Waals surface area contributed by atoms with Crippen molar-refractivity contribution in [2.75, 3.05) is 27.2 Å². The fourth-order valence-electron chi connectivity index (χ4n) is 2.41. The minimum atomic E-state index is 0.272. The minimum absolute atomic E-state index is 0.272. The molecule has 0 amide bonds. The van der Waals surface area contributed by atoms with Crippen LogP contribution in [0.3, 0.4) is 0 Å². The van der Waals surface area contributed by atoms with Crippen LogP contribution in [0.4, 0.5) is 0 Å². The topological polar surface area (TPSA) is 73.5 Å². The quantitative estimate of drug-likeness (QED) is 0.834. The minimum Gasteiger partial charge on any atom is -0.480 e. The summed E-state index contributed by atoms with van der Waals surface area (Å²) in [6.45, 7) is 4.43. The van der Waals surface area contributed by atoms with Crippen molar-refractivity contribution in [2.24, 2.45) is 0 Å². The van der Waals surface area contributed by atoms with Gasteiger partial charge in [-0.05, 0) is 26.8 Å². The molecule has 0 N–H and O–H groups in total. The fraction of sp³-hybridized carbons (Fsp3) is 0.643. The van der Waals surface area contributed by atoms with Crippen molar-refractivity contribution in [1.82, 2.24) is 20.0 Å². The number of aromatic nitrogens is 3. The molecule has 1 aliphatic heterocycles. The molecular weight excluding hydrogens is 304 g/mol. The van der Waals surface area contributed by atoms with Gasteiger partial charge in [-0.25, -0.2) is 0 Å². The Kier molecular flexibility index (Phi) is 4.70. The van der Waals surface area contributed by atoms with Crippen LogP contribution < -0.4 is 4.74 Å². The Labute approximate surface area is 133 Å². The van der Waals surface area contributed by atoms with E-state index in [2.05, 4.69) is 27.1 Å². The number of hydrogen-bond donors (Lipinski definition) is 0. The van der Waals surface area contributed by atoms with E-state index in [-0.39, 0.29) is 6.10 Å². The summed E-state index contributed by atoms with van der Waals surface area (Å²) in [7, 11) is 3.73. The highest BCUT2D eigenvalue weighted by molar-refractivity contribution is 7.15. The van der Waals surface area contributed by atoms with Crippen molar-refractivity contribution in [1.29, 1.82) is 0 Å². The van der Waals surface area contributed by atoms with Gasteiger partial charge in [-0.2, -0.15) is 9.97 Å². The Morgan fingerprint density at radius 3 is 2.77 bits per heavy atom. The van der Waals surface area contributed by atoms with E-state index in [0.717, 1.165) is 30.8 Å². The second-order valence-corrected chi connectivity index (χ2v) is 6.61. The Morgan fingerprint density at radius 1 is 1.32 bits per heavy atom. The molecule has 0 atom stereocenters. The molecule has 7 nitrogen and oxygen atoms in total. The van der Waals surface area contributed by atoms with Gasteiger partial charge in [0.05, 0.1) is 18.1 Å². The van der Waals surface area contributed by atoms with Crippen LogP contribution in [-0.4, -0.2) is 53.4 Å². The summed E-state index contributed by atoms with van der Waals surface area (Å²) >= 11 is 1.48. The van der Waals surface area contributed by atoms with Crippen LogP contribution in [0.25, 0.3) is 10.8 Å². The Hall–Kier alpha value is -1.51. The maximum absolute atomic E-state index is 5.85. The first kappa shape index (κ1) is 15.4. The van der Waals surface area contributed by atoms with Crippen molar-refractivity contribution < 1.29 is 14.0 Å². The van der Waals surface area contributed by atoms with Crippen molar-refractivity contribution in [3.63, 3.8) is 0 Å². The number of ether oxygens (including phenoxy) is 2. The van der Waals surface area contributed by atoms with Gasteiger partial charge in [0.15, 0.2) is 5.01 Å². The maximum atomic E-state index is 5.85. The van der Waals surface area contributed by atoms with E-state index in [0.29, 0.717) is 29.2 Å². The smallest absolute Gasteiger partial charge is 0.253 e. The van der Waals surface area contributed by atoms with Gasteiger partial charge in [-0.15, -0.1) is 11.3 Å². The number of aryl methyl sites for hydroxylation is 1. The number of rotatable bonds is 5. The number of methoxy groups -OCH3 is 1. The number of likely N-dealkylation sites (tertiary alicyclic amines) is 1. The second kappa shape index (κ2) is 6.72. The van der Waals surface area contributed by atoms with Crippen LogP contribution in [0.2, 0.25) is 0 Å². The molecule has 0 spiro atoms. The highest BCUT2D eigenvalue weighted by atomic mass is 32.1. The Balaban J connectivity index is 1.59. The van der Waals surface area contributed by atoms with E-state index < -0.39 is 0 Å². The van der Waals surface area contributed by atoms with Gasteiger partial charge in [-0.1, -0.05) is 5.16 Å². The number of thiazole rings is 1. The summed E-state index contributed by atoms with van der Waals surface area (Å²) in [5.74, 6) is 1.58. The van der Waals surface area contributed by atoms with Gasteiger partial charge in [0, 0.05) is 13.1 Å². The number of piperidine rings is 1. The van der Waals surface area contributed by atoms with Gasteiger partial charge in [-0.3, -0.25) is 0 Å². The molecule has 3 rings (SSSR count).